The van der Waals surface area contributed by atoms with Crippen molar-refractivity contribution >= 4 is 5.71 Å². The summed E-state index contributed by atoms with van der Waals surface area (Å²) in [5, 5.41) is 13.4. The number of methoxy groups -OCH3 is 2. The van der Waals surface area contributed by atoms with Crippen LogP contribution in [0, 0.1) is 17.3 Å². The van der Waals surface area contributed by atoms with Crippen LogP contribution in [0.15, 0.2) is 23.4 Å². The summed E-state index contributed by atoms with van der Waals surface area (Å²) in [5.74, 6) is 2.30. The molecule has 4 rings (SSSR count). The molecule has 6 heteroatoms. The Hall–Kier alpha value is -1.63. The van der Waals surface area contributed by atoms with Crippen molar-refractivity contribution in [3.8, 4) is 5.75 Å². The van der Waals surface area contributed by atoms with Crippen LogP contribution in [0.25, 0.3) is 0 Å². The smallest absolute Gasteiger partial charge is 0.188 e. The maximum atomic E-state index is 9.75. The summed E-state index contributed by atoms with van der Waals surface area (Å²) in [6, 6.07) is 6.15. The molecule has 3 aliphatic carbocycles. The Morgan fingerprint density at radius 2 is 1.96 bits per heavy atom. The van der Waals surface area contributed by atoms with Crippen molar-refractivity contribution < 1.29 is 24.2 Å². The first-order valence-corrected chi connectivity index (χ1v) is 10.2. The lowest BCUT2D eigenvalue weighted by Crippen LogP contribution is -2.45. The Balaban J connectivity index is 1.62. The SMILES string of the molecule is COCOc1ccc2c(c1)C(=NO)C[C@@H]1[C@@H]2CC[C@]2(C)[C@@H](OCOC)CC[C@@H]12. The van der Waals surface area contributed by atoms with Crippen LogP contribution in [-0.4, -0.2) is 44.8 Å². The van der Waals surface area contributed by atoms with Gasteiger partial charge in [0.05, 0.1) is 11.8 Å². The van der Waals surface area contributed by atoms with Gasteiger partial charge < -0.3 is 24.2 Å². The highest BCUT2D eigenvalue weighted by Gasteiger charge is 2.56. The Morgan fingerprint density at radius 1 is 1.14 bits per heavy atom. The minimum atomic E-state index is 0.166. The maximum Gasteiger partial charge on any atom is 0.188 e. The molecule has 0 aliphatic heterocycles. The minimum absolute atomic E-state index is 0.166. The fraction of sp³-hybridized carbons (Fsp3) is 0.682. The molecule has 0 radical (unpaired) electrons. The average molecular weight is 389 g/mol. The number of rotatable bonds is 6. The van der Waals surface area contributed by atoms with Gasteiger partial charge in [0.1, 0.15) is 12.5 Å². The van der Waals surface area contributed by atoms with Crippen molar-refractivity contribution in [1.29, 1.82) is 0 Å². The standard InChI is InChI=1S/C22H31NO5/c1-22-9-8-16-15-5-4-14(27-12-25-2)10-18(15)20(23-24)11-17(16)19(22)6-7-21(22)28-13-26-3/h4-5,10,16-17,19,21,24H,6-9,11-13H2,1-3H3/t16-,17-,19+,21+,22+/m1/s1. The lowest BCUT2D eigenvalue weighted by atomic mass is 9.55. The summed E-state index contributed by atoms with van der Waals surface area (Å²) in [5.41, 5.74) is 3.24. The highest BCUT2D eigenvalue weighted by Crippen LogP contribution is 2.61. The third-order valence-corrected chi connectivity index (χ3v) is 7.37. The molecule has 154 valence electrons. The van der Waals surface area contributed by atoms with Gasteiger partial charge in [-0.1, -0.05) is 18.1 Å². The van der Waals surface area contributed by atoms with E-state index in [9.17, 15) is 5.21 Å². The molecule has 0 amide bonds. The van der Waals surface area contributed by atoms with E-state index in [0.717, 1.165) is 49.1 Å². The van der Waals surface area contributed by atoms with Gasteiger partial charge in [-0.3, -0.25) is 0 Å². The van der Waals surface area contributed by atoms with E-state index < -0.39 is 0 Å². The van der Waals surface area contributed by atoms with Gasteiger partial charge in [0.25, 0.3) is 0 Å². The Bertz CT molecular complexity index is 736. The second kappa shape index (κ2) is 8.01. The highest BCUT2D eigenvalue weighted by atomic mass is 16.7. The van der Waals surface area contributed by atoms with Crippen molar-refractivity contribution in [2.75, 3.05) is 27.8 Å². The van der Waals surface area contributed by atoms with E-state index >= 15 is 0 Å². The van der Waals surface area contributed by atoms with Crippen molar-refractivity contribution in [2.24, 2.45) is 22.4 Å². The molecule has 1 aromatic carbocycles. The van der Waals surface area contributed by atoms with E-state index in [1.165, 1.54) is 5.56 Å². The molecular weight excluding hydrogens is 358 g/mol. The molecule has 2 fully saturated rings. The summed E-state index contributed by atoms with van der Waals surface area (Å²) in [7, 11) is 3.28. The van der Waals surface area contributed by atoms with Gasteiger partial charge >= 0.3 is 0 Å². The quantitative estimate of drug-likeness (QED) is 0.450. The lowest BCUT2D eigenvalue weighted by molar-refractivity contribution is -0.124. The van der Waals surface area contributed by atoms with Gasteiger partial charge in [-0.05, 0) is 73.0 Å². The molecule has 2 saturated carbocycles. The minimum Gasteiger partial charge on any atom is -0.468 e. The van der Waals surface area contributed by atoms with Crippen LogP contribution >= 0.6 is 0 Å². The molecule has 28 heavy (non-hydrogen) atoms. The van der Waals surface area contributed by atoms with Gasteiger partial charge in [-0.2, -0.15) is 0 Å². The molecule has 0 heterocycles. The van der Waals surface area contributed by atoms with E-state index in [1.807, 2.05) is 12.1 Å². The molecule has 0 bridgehead atoms. The second-order valence-electron chi connectivity index (χ2n) is 8.61. The van der Waals surface area contributed by atoms with Crippen LogP contribution in [0.2, 0.25) is 0 Å². The largest absolute Gasteiger partial charge is 0.468 e. The summed E-state index contributed by atoms with van der Waals surface area (Å²) in [4.78, 5) is 0. The van der Waals surface area contributed by atoms with Crippen LogP contribution in [0.5, 0.6) is 5.75 Å². The molecule has 3 aliphatic rings. The number of benzene rings is 1. The predicted octanol–water partition coefficient (Wildman–Crippen LogP) is 4.15. The van der Waals surface area contributed by atoms with Gasteiger partial charge in [-0.15, -0.1) is 0 Å². The molecule has 1 N–H and O–H groups in total. The maximum absolute atomic E-state index is 9.75. The van der Waals surface area contributed by atoms with Crippen molar-refractivity contribution in [2.45, 2.75) is 51.0 Å². The van der Waals surface area contributed by atoms with Crippen LogP contribution < -0.4 is 4.74 Å². The normalized spacial score (nSPS) is 35.3. The van der Waals surface area contributed by atoms with Gasteiger partial charge in [0.15, 0.2) is 6.79 Å². The zero-order valence-electron chi connectivity index (χ0n) is 17.0. The zero-order chi connectivity index (χ0) is 19.7. The highest BCUT2D eigenvalue weighted by molar-refractivity contribution is 6.03. The number of hydrogen-bond donors (Lipinski definition) is 1. The van der Waals surface area contributed by atoms with Crippen LogP contribution in [0.4, 0.5) is 0 Å². The van der Waals surface area contributed by atoms with E-state index in [-0.39, 0.29) is 18.3 Å². The molecule has 6 nitrogen and oxygen atoms in total. The first-order chi connectivity index (χ1) is 13.6. The van der Waals surface area contributed by atoms with Crippen LogP contribution in [0.3, 0.4) is 0 Å². The topological polar surface area (TPSA) is 69.5 Å². The zero-order valence-corrected chi connectivity index (χ0v) is 17.0. The number of fused-ring (bicyclic) bond motifs is 5. The monoisotopic (exact) mass is 389 g/mol. The Kier molecular flexibility index (Phi) is 5.63. The molecule has 5 atom stereocenters. The fourth-order valence-corrected chi connectivity index (χ4v) is 6.09. The summed E-state index contributed by atoms with van der Waals surface area (Å²) in [6.07, 6.45) is 5.58. The number of oxime groups is 1. The summed E-state index contributed by atoms with van der Waals surface area (Å²) >= 11 is 0. The molecule has 0 aromatic heterocycles. The van der Waals surface area contributed by atoms with Crippen molar-refractivity contribution in [3.63, 3.8) is 0 Å². The van der Waals surface area contributed by atoms with E-state index in [2.05, 4.69) is 18.1 Å². The van der Waals surface area contributed by atoms with Crippen molar-refractivity contribution in [1.82, 2.24) is 0 Å². The van der Waals surface area contributed by atoms with Gasteiger partial charge in [0, 0.05) is 19.8 Å². The third-order valence-electron chi connectivity index (χ3n) is 7.37. The van der Waals surface area contributed by atoms with Crippen LogP contribution in [-0.2, 0) is 14.2 Å². The third kappa shape index (κ3) is 3.21. The molecular formula is C22H31NO5. The average Bonchev–Trinajstić information content (AvgIpc) is 3.06. The number of nitrogens with zero attached hydrogens (tertiary/aromatic N) is 1. The molecule has 1 aromatic rings. The second-order valence-corrected chi connectivity index (χ2v) is 8.61. The van der Waals surface area contributed by atoms with Gasteiger partial charge in [-0.25, -0.2) is 0 Å². The van der Waals surface area contributed by atoms with E-state index in [0.29, 0.717) is 24.5 Å². The number of hydrogen-bond acceptors (Lipinski definition) is 6. The number of ether oxygens (including phenoxy) is 4. The van der Waals surface area contributed by atoms with E-state index in [4.69, 9.17) is 18.9 Å². The Labute approximate surface area is 166 Å². The van der Waals surface area contributed by atoms with Crippen LogP contribution in [0.1, 0.15) is 56.1 Å². The molecule has 0 spiro atoms. The first kappa shape index (κ1) is 19.7. The lowest BCUT2D eigenvalue weighted by Gasteiger charge is -2.50. The summed E-state index contributed by atoms with van der Waals surface area (Å²) < 4.78 is 21.8. The predicted molar refractivity (Wildman–Crippen MR) is 105 cm³/mol. The fourth-order valence-electron chi connectivity index (χ4n) is 6.09. The summed E-state index contributed by atoms with van der Waals surface area (Å²) in [6.45, 7) is 2.95. The first-order valence-electron chi connectivity index (χ1n) is 10.2. The molecule has 0 unspecified atom stereocenters. The van der Waals surface area contributed by atoms with Crippen molar-refractivity contribution in [3.05, 3.63) is 29.3 Å². The Morgan fingerprint density at radius 3 is 2.71 bits per heavy atom. The van der Waals surface area contributed by atoms with E-state index in [1.54, 1.807) is 14.2 Å². The molecule has 0 saturated heterocycles. The van der Waals surface area contributed by atoms with Gasteiger partial charge in [0.2, 0.25) is 0 Å².